The number of carbonyl (C=O) groups excluding carboxylic acids is 3. The fraction of sp³-hybridized carbons (Fsp3) is 0.357. The number of carbonyl (C=O) groups is 3. The van der Waals surface area contributed by atoms with E-state index in [2.05, 4.69) is 5.32 Å². The molecule has 112 valence electrons. The Morgan fingerprint density at radius 1 is 1.38 bits per heavy atom. The molecule has 21 heavy (non-hydrogen) atoms. The maximum atomic E-state index is 11.7. The molecule has 0 saturated carbocycles. The topological polar surface area (TPSA) is 75.7 Å². The van der Waals surface area contributed by atoms with E-state index in [1.54, 1.807) is 6.07 Å². The predicted octanol–water partition coefficient (Wildman–Crippen LogP) is 1.65. The van der Waals surface area contributed by atoms with Gasteiger partial charge in [0.25, 0.3) is 11.1 Å². The van der Waals surface area contributed by atoms with Crippen LogP contribution in [0.25, 0.3) is 0 Å². The van der Waals surface area contributed by atoms with Gasteiger partial charge in [0, 0.05) is 18.0 Å². The molecule has 0 radical (unpaired) electrons. The molecule has 6 nitrogen and oxygen atoms in total. The fourth-order valence-corrected chi connectivity index (χ4v) is 2.64. The fourth-order valence-electron chi connectivity index (χ4n) is 1.82. The molecule has 0 atom stereocenters. The van der Waals surface area contributed by atoms with Crippen LogP contribution in [0.2, 0.25) is 0 Å². The van der Waals surface area contributed by atoms with Crippen molar-refractivity contribution in [1.29, 1.82) is 0 Å². The lowest BCUT2D eigenvalue weighted by Crippen LogP contribution is -2.32. The van der Waals surface area contributed by atoms with E-state index < -0.39 is 11.9 Å². The van der Waals surface area contributed by atoms with Crippen molar-refractivity contribution in [3.05, 3.63) is 29.8 Å². The van der Waals surface area contributed by atoms with Crippen molar-refractivity contribution in [2.45, 2.75) is 6.92 Å². The van der Waals surface area contributed by atoms with Gasteiger partial charge in [0.15, 0.2) is 6.61 Å². The molecule has 1 heterocycles. The van der Waals surface area contributed by atoms with Crippen molar-refractivity contribution < 1.29 is 19.1 Å². The first kappa shape index (κ1) is 15.4. The highest BCUT2D eigenvalue weighted by molar-refractivity contribution is 8.13. The maximum absolute atomic E-state index is 11.7. The van der Waals surface area contributed by atoms with Gasteiger partial charge in [-0.05, 0) is 18.6 Å². The second kappa shape index (κ2) is 7.12. The summed E-state index contributed by atoms with van der Waals surface area (Å²) in [6.07, 6.45) is 0. The van der Waals surface area contributed by atoms with Crippen LogP contribution in [-0.4, -0.2) is 47.5 Å². The zero-order chi connectivity index (χ0) is 15.2. The summed E-state index contributed by atoms with van der Waals surface area (Å²) in [5.41, 5.74) is 1.61. The number of anilines is 1. The summed E-state index contributed by atoms with van der Waals surface area (Å²) in [5.74, 6) is -0.301. The van der Waals surface area contributed by atoms with Gasteiger partial charge in [0.05, 0.1) is 0 Å². The average molecular weight is 308 g/mol. The maximum Gasteiger partial charge on any atom is 0.326 e. The van der Waals surface area contributed by atoms with Gasteiger partial charge in [-0.15, -0.1) is 0 Å². The summed E-state index contributed by atoms with van der Waals surface area (Å²) >= 11 is 1.18. The molecule has 1 aromatic carbocycles. The second-order valence-electron chi connectivity index (χ2n) is 4.56. The van der Waals surface area contributed by atoms with Crippen molar-refractivity contribution in [2.75, 3.05) is 30.8 Å². The molecule has 7 heteroatoms. The monoisotopic (exact) mass is 308 g/mol. The van der Waals surface area contributed by atoms with Gasteiger partial charge in [0.1, 0.15) is 6.54 Å². The first-order valence-electron chi connectivity index (χ1n) is 6.49. The molecule has 0 spiro atoms. The zero-order valence-electron chi connectivity index (χ0n) is 11.6. The van der Waals surface area contributed by atoms with E-state index in [0.29, 0.717) is 18.0 Å². The second-order valence-corrected chi connectivity index (χ2v) is 5.61. The van der Waals surface area contributed by atoms with E-state index in [9.17, 15) is 14.4 Å². The molecule has 0 aliphatic carbocycles. The highest BCUT2D eigenvalue weighted by Gasteiger charge is 2.24. The Morgan fingerprint density at radius 2 is 2.14 bits per heavy atom. The van der Waals surface area contributed by atoms with Crippen LogP contribution < -0.4 is 5.32 Å². The van der Waals surface area contributed by atoms with Gasteiger partial charge >= 0.3 is 5.97 Å². The Bertz CT molecular complexity index is 562. The molecule has 1 aromatic rings. The first-order chi connectivity index (χ1) is 10.1. The number of aryl methyl sites for hydroxylation is 1. The van der Waals surface area contributed by atoms with Crippen LogP contribution in [-0.2, 0) is 14.3 Å². The van der Waals surface area contributed by atoms with E-state index in [0.717, 1.165) is 5.56 Å². The highest BCUT2D eigenvalue weighted by Crippen LogP contribution is 2.16. The third-order valence-corrected chi connectivity index (χ3v) is 3.84. The van der Waals surface area contributed by atoms with Crippen molar-refractivity contribution >= 4 is 34.6 Å². The summed E-state index contributed by atoms with van der Waals surface area (Å²) in [7, 11) is 0. The zero-order valence-corrected chi connectivity index (χ0v) is 12.4. The number of thioether (sulfide) groups is 1. The minimum atomic E-state index is -0.578. The van der Waals surface area contributed by atoms with E-state index >= 15 is 0 Å². The number of hydrogen-bond acceptors (Lipinski definition) is 5. The smallest absolute Gasteiger partial charge is 0.326 e. The Morgan fingerprint density at radius 3 is 2.81 bits per heavy atom. The lowest BCUT2D eigenvalue weighted by Gasteiger charge is -2.13. The van der Waals surface area contributed by atoms with Gasteiger partial charge in [0.2, 0.25) is 0 Å². The van der Waals surface area contributed by atoms with Crippen molar-refractivity contribution in [3.63, 3.8) is 0 Å². The van der Waals surface area contributed by atoms with Gasteiger partial charge in [-0.2, -0.15) is 0 Å². The molecule has 1 aliphatic heterocycles. The minimum Gasteiger partial charge on any atom is -0.454 e. The molecule has 1 aliphatic rings. The number of hydrogen-bond donors (Lipinski definition) is 1. The van der Waals surface area contributed by atoms with Crippen molar-refractivity contribution in [2.24, 2.45) is 0 Å². The van der Waals surface area contributed by atoms with Crippen LogP contribution in [0.1, 0.15) is 5.56 Å². The summed E-state index contributed by atoms with van der Waals surface area (Å²) in [6, 6.07) is 7.33. The molecule has 2 rings (SSSR count). The summed E-state index contributed by atoms with van der Waals surface area (Å²) in [5, 5.41) is 2.54. The van der Waals surface area contributed by atoms with Gasteiger partial charge < -0.3 is 15.0 Å². The molecule has 1 saturated heterocycles. The quantitative estimate of drug-likeness (QED) is 0.837. The number of rotatable bonds is 5. The summed E-state index contributed by atoms with van der Waals surface area (Å²) in [6.45, 7) is 1.94. The van der Waals surface area contributed by atoms with Crippen LogP contribution in [0.4, 0.5) is 10.5 Å². The van der Waals surface area contributed by atoms with Gasteiger partial charge in [-0.25, -0.2) is 0 Å². The number of ether oxygens (including phenoxy) is 1. The lowest BCUT2D eigenvalue weighted by molar-refractivity contribution is -0.147. The Kier molecular flexibility index (Phi) is 5.21. The summed E-state index contributed by atoms with van der Waals surface area (Å²) < 4.78 is 4.87. The van der Waals surface area contributed by atoms with E-state index in [4.69, 9.17) is 4.74 Å². The Labute approximate surface area is 126 Å². The van der Waals surface area contributed by atoms with Crippen molar-refractivity contribution in [3.8, 4) is 0 Å². The number of nitrogens with one attached hydrogen (secondary N) is 1. The summed E-state index contributed by atoms with van der Waals surface area (Å²) in [4.78, 5) is 36.0. The normalized spacial score (nSPS) is 14.1. The SMILES string of the molecule is Cc1ccccc1NC(=O)COC(=O)CN1CCSC1=O. The Hall–Kier alpha value is -2.02. The third kappa shape index (κ3) is 4.49. The van der Waals surface area contributed by atoms with E-state index in [1.165, 1.54) is 16.7 Å². The minimum absolute atomic E-state index is 0.108. The van der Waals surface area contributed by atoms with Crippen molar-refractivity contribution in [1.82, 2.24) is 4.90 Å². The van der Waals surface area contributed by atoms with E-state index in [-0.39, 0.29) is 18.4 Å². The molecule has 1 N–H and O–H groups in total. The molecule has 0 unspecified atom stereocenters. The predicted molar refractivity (Wildman–Crippen MR) is 80.2 cm³/mol. The average Bonchev–Trinajstić information content (AvgIpc) is 2.85. The highest BCUT2D eigenvalue weighted by atomic mass is 32.2. The number of esters is 1. The molecule has 1 fully saturated rings. The molecular formula is C14H16N2O4S. The largest absolute Gasteiger partial charge is 0.454 e. The molecular weight excluding hydrogens is 292 g/mol. The number of nitrogens with zero attached hydrogens (tertiary/aromatic N) is 1. The number of benzene rings is 1. The van der Waals surface area contributed by atoms with Crippen LogP contribution in [0.5, 0.6) is 0 Å². The van der Waals surface area contributed by atoms with Crippen LogP contribution in [0.15, 0.2) is 24.3 Å². The lowest BCUT2D eigenvalue weighted by atomic mass is 10.2. The van der Waals surface area contributed by atoms with Crippen LogP contribution >= 0.6 is 11.8 Å². The first-order valence-corrected chi connectivity index (χ1v) is 7.47. The van der Waals surface area contributed by atoms with Crippen LogP contribution in [0.3, 0.4) is 0 Å². The van der Waals surface area contributed by atoms with E-state index in [1.807, 2.05) is 25.1 Å². The number of para-hydroxylation sites is 1. The number of amides is 2. The third-order valence-electron chi connectivity index (χ3n) is 2.95. The Balaban J connectivity index is 1.75. The molecule has 0 bridgehead atoms. The standard InChI is InChI=1S/C14H16N2O4S/c1-10-4-2-3-5-11(10)15-12(17)9-20-13(18)8-16-6-7-21-14(16)19/h2-5H,6-9H2,1H3,(H,15,17). The molecule has 2 amide bonds. The van der Waals surface area contributed by atoms with Crippen LogP contribution in [0, 0.1) is 6.92 Å². The van der Waals surface area contributed by atoms with Gasteiger partial charge in [-0.1, -0.05) is 30.0 Å². The van der Waals surface area contributed by atoms with Gasteiger partial charge in [-0.3, -0.25) is 14.4 Å². The molecule has 0 aromatic heterocycles.